The first kappa shape index (κ1) is 15.8. The molecule has 2 aromatic carbocycles. The molecule has 7 heteroatoms. The Kier molecular flexibility index (Phi) is 5.00. The summed E-state index contributed by atoms with van der Waals surface area (Å²) in [4.78, 5) is 23.4. The van der Waals surface area contributed by atoms with Crippen LogP contribution in [-0.4, -0.2) is 17.1 Å². The predicted molar refractivity (Wildman–Crippen MR) is 87.1 cm³/mol. The molecule has 2 rings (SSSR count). The maximum absolute atomic E-state index is 12.1. The number of carbonyl (C=O) groups is 1. The second-order valence-corrected chi connectivity index (χ2v) is 5.45. The van der Waals surface area contributed by atoms with Crippen molar-refractivity contribution in [3.63, 3.8) is 0 Å². The van der Waals surface area contributed by atoms with Gasteiger partial charge in [-0.1, -0.05) is 6.07 Å². The van der Waals surface area contributed by atoms with Crippen LogP contribution in [0.2, 0.25) is 0 Å². The number of nitro benzene ring substituents is 1. The predicted octanol–water partition coefficient (Wildman–Crippen LogP) is 3.38. The minimum atomic E-state index is -0.439. The number of carbonyl (C=O) groups excluding carboxylic acids is 1. The Morgan fingerprint density at radius 3 is 2.64 bits per heavy atom. The first-order valence-corrected chi connectivity index (χ1v) is 7.69. The van der Waals surface area contributed by atoms with E-state index < -0.39 is 4.92 Å². The van der Waals surface area contributed by atoms with Gasteiger partial charge in [-0.3, -0.25) is 25.8 Å². The molecular formula is C15H15N3O3S. The number of nitro groups is 1. The molecule has 0 radical (unpaired) electrons. The van der Waals surface area contributed by atoms with Gasteiger partial charge in [0, 0.05) is 22.1 Å². The smallest absolute Gasteiger partial charge is 0.272 e. The fourth-order valence-corrected chi connectivity index (χ4v) is 2.36. The van der Waals surface area contributed by atoms with Gasteiger partial charge in [0.1, 0.15) is 0 Å². The van der Waals surface area contributed by atoms with Gasteiger partial charge in [-0.25, -0.2) is 0 Å². The summed E-state index contributed by atoms with van der Waals surface area (Å²) in [5.74, 6) is -0.271. The molecule has 0 saturated carbocycles. The van der Waals surface area contributed by atoms with Gasteiger partial charge in [0.05, 0.1) is 10.6 Å². The summed E-state index contributed by atoms with van der Waals surface area (Å²) in [5, 5.41) is 10.8. The van der Waals surface area contributed by atoms with E-state index >= 15 is 0 Å². The molecule has 6 nitrogen and oxygen atoms in total. The number of rotatable bonds is 5. The van der Waals surface area contributed by atoms with E-state index in [-0.39, 0.29) is 11.6 Å². The lowest BCUT2D eigenvalue weighted by atomic mass is 10.2. The summed E-state index contributed by atoms with van der Waals surface area (Å²) in [6.45, 7) is 1.65. The van der Waals surface area contributed by atoms with E-state index in [1.165, 1.54) is 6.07 Å². The monoisotopic (exact) mass is 317 g/mol. The van der Waals surface area contributed by atoms with Crippen LogP contribution in [0, 0.1) is 17.0 Å². The third-order valence-electron chi connectivity index (χ3n) is 3.05. The molecule has 114 valence electrons. The number of nitrogens with one attached hydrogen (secondary N) is 2. The third-order valence-corrected chi connectivity index (χ3v) is 3.77. The lowest BCUT2D eigenvalue weighted by Gasteiger charge is -2.10. The number of aryl methyl sites for hydroxylation is 1. The highest BCUT2D eigenvalue weighted by atomic mass is 32.2. The van der Waals surface area contributed by atoms with Gasteiger partial charge >= 0.3 is 0 Å². The number of anilines is 1. The Morgan fingerprint density at radius 1 is 1.23 bits per heavy atom. The van der Waals surface area contributed by atoms with Crippen molar-refractivity contribution in [3.8, 4) is 0 Å². The summed E-state index contributed by atoms with van der Waals surface area (Å²) in [5.41, 5.74) is 7.02. The lowest BCUT2D eigenvalue weighted by Crippen LogP contribution is -2.29. The van der Waals surface area contributed by atoms with Crippen molar-refractivity contribution in [2.45, 2.75) is 11.8 Å². The van der Waals surface area contributed by atoms with Crippen molar-refractivity contribution in [2.24, 2.45) is 0 Å². The molecule has 2 N–H and O–H groups in total. The molecule has 22 heavy (non-hydrogen) atoms. The summed E-state index contributed by atoms with van der Waals surface area (Å²) in [6.07, 6.45) is 1.94. The zero-order chi connectivity index (χ0) is 16.1. The largest absolute Gasteiger partial charge is 0.298 e. The van der Waals surface area contributed by atoms with Gasteiger partial charge in [0.25, 0.3) is 11.6 Å². The minimum absolute atomic E-state index is 0.0459. The molecule has 0 aliphatic carbocycles. The lowest BCUT2D eigenvalue weighted by molar-refractivity contribution is -0.385. The highest BCUT2D eigenvalue weighted by Gasteiger charge is 2.11. The van der Waals surface area contributed by atoms with Crippen LogP contribution in [0.15, 0.2) is 47.4 Å². The fourth-order valence-electron chi connectivity index (χ4n) is 1.90. The number of hydrazine groups is 1. The van der Waals surface area contributed by atoms with Crippen LogP contribution in [0.3, 0.4) is 0 Å². The van der Waals surface area contributed by atoms with Gasteiger partial charge in [-0.2, -0.15) is 0 Å². The quantitative estimate of drug-likeness (QED) is 0.502. The Labute approximate surface area is 132 Å². The van der Waals surface area contributed by atoms with E-state index in [2.05, 4.69) is 10.9 Å². The summed E-state index contributed by atoms with van der Waals surface area (Å²) in [6, 6.07) is 11.8. The zero-order valence-corrected chi connectivity index (χ0v) is 12.9. The van der Waals surface area contributed by atoms with Crippen LogP contribution < -0.4 is 10.9 Å². The van der Waals surface area contributed by atoms with E-state index in [0.29, 0.717) is 16.8 Å². The first-order chi connectivity index (χ1) is 10.5. The van der Waals surface area contributed by atoms with Crippen LogP contribution in [0.1, 0.15) is 15.9 Å². The topological polar surface area (TPSA) is 84.3 Å². The van der Waals surface area contributed by atoms with Crippen LogP contribution in [0.5, 0.6) is 0 Å². The standard InChI is InChI=1S/C15H15N3O3S/c1-10-8-12(6-7-14(10)18(20)21)16-17-15(19)11-4-3-5-13(9-11)22-2/h3-9,16H,1-2H3,(H,17,19). The number of amides is 1. The van der Waals surface area contributed by atoms with Crippen molar-refractivity contribution in [2.75, 3.05) is 11.7 Å². The minimum Gasteiger partial charge on any atom is -0.298 e. The normalized spacial score (nSPS) is 10.1. The molecule has 0 aliphatic rings. The Bertz CT molecular complexity index is 719. The molecule has 0 atom stereocenters. The van der Waals surface area contributed by atoms with Gasteiger partial charge in [-0.15, -0.1) is 11.8 Å². The van der Waals surface area contributed by atoms with Crippen molar-refractivity contribution >= 4 is 29.0 Å². The molecule has 0 heterocycles. The van der Waals surface area contributed by atoms with Crippen LogP contribution >= 0.6 is 11.8 Å². The maximum Gasteiger partial charge on any atom is 0.272 e. The third kappa shape index (κ3) is 3.76. The number of benzene rings is 2. The van der Waals surface area contributed by atoms with E-state index in [4.69, 9.17) is 0 Å². The molecule has 0 bridgehead atoms. The fraction of sp³-hybridized carbons (Fsp3) is 0.133. The number of nitrogens with zero attached hydrogens (tertiary/aromatic N) is 1. The molecular weight excluding hydrogens is 302 g/mol. The highest BCUT2D eigenvalue weighted by Crippen LogP contribution is 2.21. The number of hydrogen-bond donors (Lipinski definition) is 2. The average Bonchev–Trinajstić information content (AvgIpc) is 2.52. The molecule has 0 aromatic heterocycles. The van der Waals surface area contributed by atoms with E-state index in [0.717, 1.165) is 4.90 Å². The zero-order valence-electron chi connectivity index (χ0n) is 12.1. The van der Waals surface area contributed by atoms with E-state index in [1.807, 2.05) is 18.4 Å². The summed E-state index contributed by atoms with van der Waals surface area (Å²) >= 11 is 1.56. The second kappa shape index (κ2) is 6.95. The molecule has 0 spiro atoms. The van der Waals surface area contributed by atoms with Crippen molar-refractivity contribution in [3.05, 3.63) is 63.7 Å². The van der Waals surface area contributed by atoms with Crippen molar-refractivity contribution in [1.29, 1.82) is 0 Å². The molecule has 0 fully saturated rings. The Hall–Kier alpha value is -2.54. The molecule has 1 amide bonds. The first-order valence-electron chi connectivity index (χ1n) is 6.46. The second-order valence-electron chi connectivity index (χ2n) is 4.57. The molecule has 0 saturated heterocycles. The van der Waals surface area contributed by atoms with Crippen LogP contribution in [0.25, 0.3) is 0 Å². The molecule has 0 aliphatic heterocycles. The van der Waals surface area contributed by atoms with Crippen molar-refractivity contribution < 1.29 is 9.72 Å². The van der Waals surface area contributed by atoms with Crippen LogP contribution in [-0.2, 0) is 0 Å². The van der Waals surface area contributed by atoms with Crippen molar-refractivity contribution in [1.82, 2.24) is 5.43 Å². The SMILES string of the molecule is CSc1cccc(C(=O)NNc2ccc([N+](=O)[O-])c(C)c2)c1. The summed E-state index contributed by atoms with van der Waals surface area (Å²) < 4.78 is 0. The van der Waals surface area contributed by atoms with Crippen LogP contribution in [0.4, 0.5) is 11.4 Å². The number of hydrogen-bond acceptors (Lipinski definition) is 5. The number of thioether (sulfide) groups is 1. The maximum atomic E-state index is 12.1. The van der Waals surface area contributed by atoms with Gasteiger partial charge < -0.3 is 0 Å². The van der Waals surface area contributed by atoms with Gasteiger partial charge in [0.15, 0.2) is 0 Å². The van der Waals surface area contributed by atoms with Gasteiger partial charge in [0.2, 0.25) is 0 Å². The summed E-state index contributed by atoms with van der Waals surface area (Å²) in [7, 11) is 0. The molecule has 2 aromatic rings. The Balaban J connectivity index is 2.04. The highest BCUT2D eigenvalue weighted by molar-refractivity contribution is 7.98. The van der Waals surface area contributed by atoms with E-state index in [1.54, 1.807) is 43.0 Å². The Morgan fingerprint density at radius 2 is 2.00 bits per heavy atom. The van der Waals surface area contributed by atoms with E-state index in [9.17, 15) is 14.9 Å². The molecule has 0 unspecified atom stereocenters. The van der Waals surface area contributed by atoms with Gasteiger partial charge in [-0.05, 0) is 43.5 Å². The average molecular weight is 317 g/mol.